The van der Waals surface area contributed by atoms with Crippen LogP contribution in [0.3, 0.4) is 0 Å². The Morgan fingerprint density at radius 2 is 1.60 bits per heavy atom. The SMILES string of the molecule is O=C(OCCCCCOC(Cl)CCl)C(F)(F)C(F)(F)F. The van der Waals surface area contributed by atoms with Crippen LogP contribution in [0.15, 0.2) is 0 Å². The molecule has 0 rings (SSSR count). The van der Waals surface area contributed by atoms with Crippen LogP contribution in [0.4, 0.5) is 22.0 Å². The molecule has 0 aliphatic carbocycles. The third-order valence-corrected chi connectivity index (χ3v) is 2.77. The summed E-state index contributed by atoms with van der Waals surface area (Å²) in [5.41, 5.74) is -0.639. The van der Waals surface area contributed by atoms with E-state index >= 15 is 0 Å². The fraction of sp³-hybridized carbons (Fsp3) is 0.900. The van der Waals surface area contributed by atoms with Gasteiger partial charge in [-0.25, -0.2) is 4.79 Å². The maximum absolute atomic E-state index is 12.4. The Morgan fingerprint density at radius 3 is 2.10 bits per heavy atom. The lowest BCUT2D eigenvalue weighted by atomic mass is 10.2. The van der Waals surface area contributed by atoms with E-state index in [9.17, 15) is 26.7 Å². The van der Waals surface area contributed by atoms with Crippen LogP contribution < -0.4 is 0 Å². The number of rotatable bonds is 9. The number of alkyl halides is 7. The normalized spacial score (nSPS) is 14.2. The van der Waals surface area contributed by atoms with Crippen LogP contribution >= 0.6 is 23.2 Å². The summed E-state index contributed by atoms with van der Waals surface area (Å²) >= 11 is 10.9. The molecule has 0 amide bonds. The van der Waals surface area contributed by atoms with Gasteiger partial charge in [-0.1, -0.05) is 11.6 Å². The van der Waals surface area contributed by atoms with E-state index in [2.05, 4.69) is 4.74 Å². The summed E-state index contributed by atoms with van der Waals surface area (Å²) in [6.45, 7) is -0.266. The molecule has 0 saturated carbocycles. The zero-order chi connectivity index (χ0) is 15.8. The molecule has 0 aromatic rings. The Morgan fingerprint density at radius 1 is 1.05 bits per heavy atom. The molecule has 0 saturated heterocycles. The molecular weight excluding hydrogens is 334 g/mol. The van der Waals surface area contributed by atoms with Gasteiger partial charge in [0, 0.05) is 6.61 Å². The summed E-state index contributed by atoms with van der Waals surface area (Å²) in [7, 11) is 0. The standard InChI is InChI=1S/C10H13Cl2F5O3/c11-6-7(12)19-4-2-1-3-5-20-8(18)9(13,14)10(15,16)17/h7H,1-6H2. The van der Waals surface area contributed by atoms with Gasteiger partial charge in [-0.2, -0.15) is 22.0 Å². The lowest BCUT2D eigenvalue weighted by Gasteiger charge is -2.17. The van der Waals surface area contributed by atoms with Gasteiger partial charge < -0.3 is 9.47 Å². The molecule has 1 atom stereocenters. The molecule has 10 heteroatoms. The monoisotopic (exact) mass is 346 g/mol. The van der Waals surface area contributed by atoms with E-state index in [1.165, 1.54) is 0 Å². The lowest BCUT2D eigenvalue weighted by Crippen LogP contribution is -2.45. The van der Waals surface area contributed by atoms with Gasteiger partial charge in [0.05, 0.1) is 12.5 Å². The van der Waals surface area contributed by atoms with Crippen LogP contribution in [0.1, 0.15) is 19.3 Å². The van der Waals surface area contributed by atoms with Gasteiger partial charge in [-0.05, 0) is 19.3 Å². The first kappa shape index (κ1) is 19.7. The molecule has 0 fully saturated rings. The Balaban J connectivity index is 3.73. The maximum Gasteiger partial charge on any atom is 0.465 e. The molecule has 0 heterocycles. The van der Waals surface area contributed by atoms with E-state index < -0.39 is 30.2 Å². The van der Waals surface area contributed by atoms with Gasteiger partial charge in [-0.15, -0.1) is 11.6 Å². The van der Waals surface area contributed by atoms with Gasteiger partial charge in [0.15, 0.2) is 0 Å². The van der Waals surface area contributed by atoms with Crippen molar-refractivity contribution in [1.29, 1.82) is 0 Å². The molecule has 0 aliphatic rings. The summed E-state index contributed by atoms with van der Waals surface area (Å²) < 4.78 is 69.1. The van der Waals surface area contributed by atoms with Gasteiger partial charge in [0.1, 0.15) is 5.56 Å². The van der Waals surface area contributed by atoms with Gasteiger partial charge in [-0.3, -0.25) is 0 Å². The highest BCUT2D eigenvalue weighted by molar-refractivity contribution is 6.27. The average Bonchev–Trinajstić information content (AvgIpc) is 2.35. The van der Waals surface area contributed by atoms with Crippen LogP contribution in [0, 0.1) is 0 Å². The minimum absolute atomic E-state index is 0.103. The molecule has 0 radical (unpaired) electrons. The highest BCUT2D eigenvalue weighted by Crippen LogP contribution is 2.36. The van der Waals surface area contributed by atoms with E-state index in [0.29, 0.717) is 12.8 Å². The Bertz CT molecular complexity index is 299. The van der Waals surface area contributed by atoms with Gasteiger partial charge in [0.25, 0.3) is 0 Å². The fourth-order valence-corrected chi connectivity index (χ4v) is 1.19. The first-order valence-corrected chi connectivity index (χ1v) is 6.53. The second-order valence-corrected chi connectivity index (χ2v) is 4.50. The summed E-state index contributed by atoms with van der Waals surface area (Å²) in [4.78, 5) is 10.6. The van der Waals surface area contributed by atoms with Crippen molar-refractivity contribution in [3.05, 3.63) is 0 Å². The molecular formula is C10H13Cl2F5O3. The zero-order valence-electron chi connectivity index (χ0n) is 10.2. The van der Waals surface area contributed by atoms with Crippen LogP contribution in [0.2, 0.25) is 0 Å². The number of hydrogen-bond donors (Lipinski definition) is 0. The number of halogens is 7. The second-order valence-electron chi connectivity index (χ2n) is 3.70. The highest BCUT2D eigenvalue weighted by atomic mass is 35.5. The van der Waals surface area contributed by atoms with Crippen molar-refractivity contribution < 1.29 is 36.2 Å². The lowest BCUT2D eigenvalue weighted by molar-refractivity contribution is -0.280. The molecule has 1 unspecified atom stereocenters. The van der Waals surface area contributed by atoms with E-state index in [-0.39, 0.29) is 18.9 Å². The number of esters is 1. The molecule has 0 aliphatic heterocycles. The van der Waals surface area contributed by atoms with Crippen LogP contribution in [-0.2, 0) is 14.3 Å². The zero-order valence-corrected chi connectivity index (χ0v) is 11.7. The molecule has 0 spiro atoms. The van der Waals surface area contributed by atoms with Crippen LogP contribution in [-0.4, -0.2) is 42.7 Å². The molecule has 0 aromatic carbocycles. The van der Waals surface area contributed by atoms with E-state index in [1.807, 2.05) is 0 Å². The van der Waals surface area contributed by atoms with Crippen molar-refractivity contribution in [2.45, 2.75) is 36.9 Å². The fourth-order valence-electron chi connectivity index (χ4n) is 1.01. The predicted molar refractivity (Wildman–Crippen MR) is 62.1 cm³/mol. The Labute approximate surface area is 122 Å². The van der Waals surface area contributed by atoms with Crippen molar-refractivity contribution >= 4 is 29.2 Å². The van der Waals surface area contributed by atoms with Gasteiger partial charge in [0.2, 0.25) is 0 Å². The van der Waals surface area contributed by atoms with Crippen LogP contribution in [0.25, 0.3) is 0 Å². The van der Waals surface area contributed by atoms with Crippen molar-refractivity contribution in [3.8, 4) is 0 Å². The number of carbonyl (C=O) groups excluding carboxylic acids is 1. The van der Waals surface area contributed by atoms with Gasteiger partial charge >= 0.3 is 18.1 Å². The molecule has 120 valence electrons. The molecule has 3 nitrogen and oxygen atoms in total. The Kier molecular flexibility index (Phi) is 8.69. The number of ether oxygens (including phenoxy) is 2. The summed E-state index contributed by atoms with van der Waals surface area (Å²) in [5, 5.41) is 0. The Hall–Kier alpha value is -0.340. The van der Waals surface area contributed by atoms with Crippen molar-refractivity contribution in [2.75, 3.05) is 19.1 Å². The number of unbranched alkanes of at least 4 members (excludes halogenated alkanes) is 2. The van der Waals surface area contributed by atoms with Crippen molar-refractivity contribution in [1.82, 2.24) is 0 Å². The quantitative estimate of drug-likeness (QED) is 0.276. The molecule has 0 N–H and O–H groups in total. The van der Waals surface area contributed by atoms with Crippen molar-refractivity contribution in [3.63, 3.8) is 0 Å². The minimum atomic E-state index is -5.95. The average molecular weight is 347 g/mol. The largest absolute Gasteiger partial charge is 0.465 e. The third-order valence-electron chi connectivity index (χ3n) is 2.05. The number of hydrogen-bond acceptors (Lipinski definition) is 3. The van der Waals surface area contributed by atoms with Crippen molar-refractivity contribution in [2.24, 2.45) is 0 Å². The first-order valence-electron chi connectivity index (χ1n) is 5.56. The number of carbonyl (C=O) groups is 1. The van der Waals surface area contributed by atoms with E-state index in [0.717, 1.165) is 0 Å². The minimum Gasteiger partial charge on any atom is -0.461 e. The highest BCUT2D eigenvalue weighted by Gasteiger charge is 2.64. The summed E-state index contributed by atoms with van der Waals surface area (Å²) in [5.74, 6) is -7.97. The van der Waals surface area contributed by atoms with E-state index in [4.69, 9.17) is 27.9 Å². The summed E-state index contributed by atoms with van der Waals surface area (Å²) in [6, 6.07) is 0. The maximum atomic E-state index is 12.4. The predicted octanol–water partition coefficient (Wildman–Crippen LogP) is 3.72. The van der Waals surface area contributed by atoms with Crippen LogP contribution in [0.5, 0.6) is 0 Å². The van der Waals surface area contributed by atoms with E-state index in [1.54, 1.807) is 0 Å². The smallest absolute Gasteiger partial charge is 0.461 e. The topological polar surface area (TPSA) is 35.5 Å². The second kappa shape index (κ2) is 8.84. The molecule has 0 aromatic heterocycles. The molecule has 20 heavy (non-hydrogen) atoms. The third kappa shape index (κ3) is 6.90. The summed E-state index contributed by atoms with van der Waals surface area (Å²) in [6.07, 6.45) is -4.92. The first-order chi connectivity index (χ1) is 9.13. The molecule has 0 bridgehead atoms.